The van der Waals surface area contributed by atoms with E-state index in [0.29, 0.717) is 22.2 Å². The first kappa shape index (κ1) is 18.6. The van der Waals surface area contributed by atoms with Crippen molar-refractivity contribution in [3.05, 3.63) is 10.7 Å². The maximum Gasteiger partial charge on any atom is 0.402 e. The molecular formula is C10H14ClF3N2O3S2. The van der Waals surface area contributed by atoms with Crippen molar-refractivity contribution >= 4 is 33.0 Å². The zero-order valence-electron chi connectivity index (χ0n) is 11.1. The van der Waals surface area contributed by atoms with Crippen LogP contribution in [0.25, 0.3) is 0 Å². The first-order valence-electron chi connectivity index (χ1n) is 5.93. The second-order valence-corrected chi connectivity index (χ2v) is 7.71. The van der Waals surface area contributed by atoms with E-state index in [2.05, 4.69) is 4.98 Å². The number of aromatic nitrogens is 1. The predicted octanol–water partition coefficient (Wildman–Crippen LogP) is 2.78. The summed E-state index contributed by atoms with van der Waals surface area (Å²) in [6, 6.07) is 0. The number of hydrogen-bond acceptors (Lipinski definition) is 5. The number of sulfonamides is 1. The van der Waals surface area contributed by atoms with E-state index >= 15 is 0 Å². The summed E-state index contributed by atoms with van der Waals surface area (Å²) in [5, 5.41) is 0. The van der Waals surface area contributed by atoms with Crippen LogP contribution in [0.3, 0.4) is 0 Å². The number of hydrogen-bond donors (Lipinski definition) is 0. The van der Waals surface area contributed by atoms with Gasteiger partial charge in [-0.15, -0.1) is 0 Å². The number of rotatable bonds is 8. The van der Waals surface area contributed by atoms with Crippen molar-refractivity contribution in [1.29, 1.82) is 0 Å². The standard InChI is InChI=1S/C10H14ClF3N2O3S2/c1-2-19-5-3-4-16(7-10(12,13)14)21(17,18)8-6-15-9(11)20-8/h6H,2-5,7H2,1H3. The molecule has 0 bridgehead atoms. The fourth-order valence-corrected chi connectivity index (χ4v) is 4.37. The Hall–Kier alpha value is -0.420. The number of thiazole rings is 1. The maximum atomic E-state index is 12.6. The van der Waals surface area contributed by atoms with Gasteiger partial charge in [0.2, 0.25) is 0 Å². The van der Waals surface area contributed by atoms with Crippen LogP contribution >= 0.6 is 22.9 Å². The summed E-state index contributed by atoms with van der Waals surface area (Å²) < 4.78 is 67.1. The fourth-order valence-electron chi connectivity index (χ4n) is 1.46. The smallest absolute Gasteiger partial charge is 0.382 e. The van der Waals surface area contributed by atoms with E-state index in [1.807, 2.05) is 0 Å². The van der Waals surface area contributed by atoms with Crippen molar-refractivity contribution in [3.8, 4) is 0 Å². The van der Waals surface area contributed by atoms with Gasteiger partial charge in [0.25, 0.3) is 10.0 Å². The van der Waals surface area contributed by atoms with Crippen LogP contribution < -0.4 is 0 Å². The minimum atomic E-state index is -4.63. The largest absolute Gasteiger partial charge is 0.402 e. The van der Waals surface area contributed by atoms with Crippen LogP contribution in [-0.2, 0) is 14.8 Å². The molecule has 0 radical (unpaired) electrons. The molecular weight excluding hydrogens is 353 g/mol. The van der Waals surface area contributed by atoms with Crippen LogP contribution in [0.15, 0.2) is 10.4 Å². The molecule has 0 aliphatic carbocycles. The summed E-state index contributed by atoms with van der Waals surface area (Å²) in [6.07, 6.45) is -3.52. The van der Waals surface area contributed by atoms with Gasteiger partial charge in [0.15, 0.2) is 8.68 Å². The first-order valence-corrected chi connectivity index (χ1v) is 8.56. The molecule has 1 aromatic heterocycles. The Labute approximate surface area is 129 Å². The topological polar surface area (TPSA) is 59.5 Å². The Morgan fingerprint density at radius 3 is 2.62 bits per heavy atom. The van der Waals surface area contributed by atoms with Crippen LogP contribution in [0.5, 0.6) is 0 Å². The van der Waals surface area contributed by atoms with Crippen molar-refractivity contribution in [2.75, 3.05) is 26.3 Å². The Morgan fingerprint density at radius 1 is 1.48 bits per heavy atom. The number of alkyl halides is 3. The van der Waals surface area contributed by atoms with E-state index in [1.54, 1.807) is 6.92 Å². The molecule has 122 valence electrons. The molecule has 0 atom stereocenters. The summed E-state index contributed by atoms with van der Waals surface area (Å²) in [5.74, 6) is 0. The van der Waals surface area contributed by atoms with Crippen LogP contribution in [0.4, 0.5) is 13.2 Å². The summed E-state index contributed by atoms with van der Waals surface area (Å²) in [4.78, 5) is 3.54. The molecule has 0 aromatic carbocycles. The van der Waals surface area contributed by atoms with E-state index in [-0.39, 0.29) is 28.2 Å². The first-order chi connectivity index (χ1) is 9.66. The molecule has 0 saturated carbocycles. The van der Waals surface area contributed by atoms with Gasteiger partial charge in [0, 0.05) is 19.8 Å². The summed E-state index contributed by atoms with van der Waals surface area (Å²) in [6.45, 7) is 0.484. The normalized spacial score (nSPS) is 13.0. The van der Waals surface area contributed by atoms with Crippen LogP contribution in [0.1, 0.15) is 13.3 Å². The molecule has 0 N–H and O–H groups in total. The van der Waals surface area contributed by atoms with Crippen molar-refractivity contribution in [2.24, 2.45) is 0 Å². The summed E-state index contributed by atoms with van der Waals surface area (Å²) in [7, 11) is -4.27. The van der Waals surface area contributed by atoms with Crippen LogP contribution in [0, 0.1) is 0 Å². The highest BCUT2D eigenvalue weighted by Gasteiger charge is 2.37. The third-order valence-corrected chi connectivity index (χ3v) is 5.70. The Kier molecular flexibility index (Phi) is 6.85. The molecule has 21 heavy (non-hydrogen) atoms. The Bertz CT molecular complexity index is 548. The molecule has 5 nitrogen and oxygen atoms in total. The SMILES string of the molecule is CCOCCCN(CC(F)(F)F)S(=O)(=O)c1cnc(Cl)s1. The summed E-state index contributed by atoms with van der Waals surface area (Å²) in [5.41, 5.74) is 0. The number of halogens is 4. The minimum Gasteiger partial charge on any atom is -0.382 e. The molecule has 0 fully saturated rings. The number of ether oxygens (including phenoxy) is 1. The zero-order chi connectivity index (χ0) is 16.1. The van der Waals surface area contributed by atoms with E-state index < -0.39 is 22.7 Å². The van der Waals surface area contributed by atoms with Gasteiger partial charge in [-0.1, -0.05) is 22.9 Å². The minimum absolute atomic E-state index is 0.0464. The Balaban J connectivity index is 2.88. The number of nitrogens with zero attached hydrogens (tertiary/aromatic N) is 2. The lowest BCUT2D eigenvalue weighted by Crippen LogP contribution is -2.39. The van der Waals surface area contributed by atoms with Gasteiger partial charge >= 0.3 is 6.18 Å². The summed E-state index contributed by atoms with van der Waals surface area (Å²) >= 11 is 6.15. The highest BCUT2D eigenvalue weighted by Crippen LogP contribution is 2.28. The van der Waals surface area contributed by atoms with Gasteiger partial charge in [0.1, 0.15) is 6.54 Å². The van der Waals surface area contributed by atoms with Gasteiger partial charge in [-0.05, 0) is 13.3 Å². The molecule has 0 amide bonds. The van der Waals surface area contributed by atoms with Gasteiger partial charge in [-0.3, -0.25) is 0 Å². The molecule has 1 rings (SSSR count). The average molecular weight is 367 g/mol. The monoisotopic (exact) mass is 366 g/mol. The second kappa shape index (κ2) is 7.73. The predicted molar refractivity (Wildman–Crippen MR) is 73.0 cm³/mol. The van der Waals surface area contributed by atoms with Crippen molar-refractivity contribution in [1.82, 2.24) is 9.29 Å². The van der Waals surface area contributed by atoms with E-state index in [4.69, 9.17) is 16.3 Å². The Morgan fingerprint density at radius 2 is 2.14 bits per heavy atom. The van der Waals surface area contributed by atoms with Gasteiger partial charge in [-0.2, -0.15) is 17.5 Å². The average Bonchev–Trinajstić information content (AvgIpc) is 2.79. The van der Waals surface area contributed by atoms with Crippen molar-refractivity contribution < 1.29 is 26.3 Å². The molecule has 0 saturated heterocycles. The van der Waals surface area contributed by atoms with Gasteiger partial charge in [0.05, 0.1) is 6.20 Å². The van der Waals surface area contributed by atoms with E-state index in [9.17, 15) is 21.6 Å². The molecule has 0 aliphatic rings. The molecule has 1 aromatic rings. The molecule has 11 heteroatoms. The van der Waals surface area contributed by atoms with Crippen molar-refractivity contribution in [3.63, 3.8) is 0 Å². The van der Waals surface area contributed by atoms with Gasteiger partial charge in [-0.25, -0.2) is 13.4 Å². The van der Waals surface area contributed by atoms with Gasteiger partial charge < -0.3 is 4.74 Å². The molecule has 0 aliphatic heterocycles. The van der Waals surface area contributed by atoms with Crippen molar-refractivity contribution in [2.45, 2.75) is 23.7 Å². The second-order valence-electron chi connectivity index (χ2n) is 3.94. The maximum absolute atomic E-state index is 12.6. The highest BCUT2D eigenvalue weighted by molar-refractivity contribution is 7.91. The van der Waals surface area contributed by atoms with E-state index in [0.717, 1.165) is 6.20 Å². The van der Waals surface area contributed by atoms with E-state index in [1.165, 1.54) is 0 Å². The lowest BCUT2D eigenvalue weighted by Gasteiger charge is -2.22. The van der Waals surface area contributed by atoms with Crippen LogP contribution in [0.2, 0.25) is 4.47 Å². The molecule has 0 spiro atoms. The fraction of sp³-hybridized carbons (Fsp3) is 0.700. The molecule has 1 heterocycles. The zero-order valence-corrected chi connectivity index (χ0v) is 13.4. The third-order valence-electron chi connectivity index (χ3n) is 2.31. The lowest BCUT2D eigenvalue weighted by molar-refractivity contribution is -0.136. The quantitative estimate of drug-likeness (QED) is 0.664. The third kappa shape index (κ3) is 6.07. The molecule has 0 unspecified atom stereocenters. The van der Waals surface area contributed by atoms with Crippen LogP contribution in [-0.4, -0.2) is 50.2 Å². The highest BCUT2D eigenvalue weighted by atomic mass is 35.5. The lowest BCUT2D eigenvalue weighted by atomic mass is 10.4.